The van der Waals surface area contributed by atoms with Crippen LogP contribution in [0.4, 0.5) is 0 Å². The molecule has 1 atom stereocenters. The summed E-state index contributed by atoms with van der Waals surface area (Å²) in [7, 11) is -0.532. The van der Waals surface area contributed by atoms with E-state index in [9.17, 15) is 8.42 Å². The van der Waals surface area contributed by atoms with Crippen LogP contribution in [0.3, 0.4) is 0 Å². The van der Waals surface area contributed by atoms with Gasteiger partial charge < -0.3 is 14.2 Å². The Balaban J connectivity index is 1.71. The average Bonchev–Trinajstić information content (AvgIpc) is 2.61. The van der Waals surface area contributed by atoms with Gasteiger partial charge in [-0.25, -0.2) is 8.42 Å². The summed E-state index contributed by atoms with van der Waals surface area (Å²) in [5, 5.41) is 0. The van der Waals surface area contributed by atoms with Crippen molar-refractivity contribution in [3.05, 3.63) is 48.5 Å². The second-order valence-corrected chi connectivity index (χ2v) is 7.50. The molecule has 0 spiro atoms. The highest BCUT2D eigenvalue weighted by Crippen LogP contribution is 2.31. The van der Waals surface area contributed by atoms with Crippen LogP contribution >= 0.6 is 0 Å². The van der Waals surface area contributed by atoms with Crippen LogP contribution in [0.5, 0.6) is 17.2 Å². The van der Waals surface area contributed by atoms with E-state index in [1.165, 1.54) is 30.6 Å². The molecule has 128 valence electrons. The minimum atomic E-state index is -3.60. The number of nitrogens with zero attached hydrogens (tertiary/aromatic N) is 1. The third-order valence-electron chi connectivity index (χ3n) is 3.80. The Kier molecular flexibility index (Phi) is 4.64. The zero-order chi connectivity index (χ0) is 17.2. The second-order valence-electron chi connectivity index (χ2n) is 5.46. The van der Waals surface area contributed by atoms with Gasteiger partial charge in [0.1, 0.15) is 18.5 Å². The van der Waals surface area contributed by atoms with Crippen molar-refractivity contribution in [3.63, 3.8) is 0 Å². The van der Waals surface area contributed by atoms with Gasteiger partial charge in [0.05, 0.1) is 18.6 Å². The van der Waals surface area contributed by atoms with Crippen LogP contribution < -0.4 is 14.2 Å². The van der Waals surface area contributed by atoms with Crippen LogP contribution in [-0.2, 0) is 10.0 Å². The molecule has 0 fully saturated rings. The molecule has 1 unspecified atom stereocenters. The summed E-state index contributed by atoms with van der Waals surface area (Å²) in [6.45, 7) is 0.502. The molecule has 0 aliphatic carbocycles. The topological polar surface area (TPSA) is 65.1 Å². The van der Waals surface area contributed by atoms with Crippen molar-refractivity contribution in [1.29, 1.82) is 0 Å². The standard InChI is InChI=1S/C17H19NO5S/c1-18(24(19,20)15-9-7-13(21-2)8-10-15)11-14-12-22-16-5-3-4-6-17(16)23-14/h3-10,14H,11-12H2,1-2H3. The summed E-state index contributed by atoms with van der Waals surface area (Å²) in [6, 6.07) is 13.6. The van der Waals surface area contributed by atoms with Gasteiger partial charge in [-0.2, -0.15) is 4.31 Å². The highest BCUT2D eigenvalue weighted by atomic mass is 32.2. The molecular weight excluding hydrogens is 330 g/mol. The first-order valence-corrected chi connectivity index (χ1v) is 8.93. The van der Waals surface area contributed by atoms with E-state index in [1.807, 2.05) is 18.2 Å². The molecule has 1 aliphatic heterocycles. The number of methoxy groups -OCH3 is 1. The van der Waals surface area contributed by atoms with Crippen LogP contribution in [0.25, 0.3) is 0 Å². The van der Waals surface area contributed by atoms with Crippen LogP contribution in [0.2, 0.25) is 0 Å². The summed E-state index contributed by atoms with van der Waals surface area (Å²) >= 11 is 0. The molecule has 0 radical (unpaired) electrons. The first kappa shape index (κ1) is 16.6. The molecule has 0 N–H and O–H groups in total. The highest BCUT2D eigenvalue weighted by molar-refractivity contribution is 7.89. The van der Waals surface area contributed by atoms with Gasteiger partial charge in [-0.3, -0.25) is 0 Å². The molecule has 2 aromatic carbocycles. The van der Waals surface area contributed by atoms with E-state index in [1.54, 1.807) is 18.2 Å². The summed E-state index contributed by atoms with van der Waals surface area (Å²) in [5.41, 5.74) is 0. The van der Waals surface area contributed by atoms with Gasteiger partial charge in [-0.05, 0) is 36.4 Å². The number of likely N-dealkylation sites (N-methyl/N-ethyl adjacent to an activating group) is 1. The quantitative estimate of drug-likeness (QED) is 0.828. The largest absolute Gasteiger partial charge is 0.497 e. The molecular formula is C17H19NO5S. The lowest BCUT2D eigenvalue weighted by atomic mass is 10.2. The van der Waals surface area contributed by atoms with Gasteiger partial charge in [0.2, 0.25) is 10.0 Å². The maximum absolute atomic E-state index is 12.6. The predicted molar refractivity (Wildman–Crippen MR) is 89.2 cm³/mol. The Morgan fingerprint density at radius 3 is 2.46 bits per heavy atom. The van der Waals surface area contributed by atoms with E-state index in [0.29, 0.717) is 23.9 Å². The summed E-state index contributed by atoms with van der Waals surface area (Å²) < 4.78 is 43.0. The van der Waals surface area contributed by atoms with Crippen LogP contribution in [-0.4, -0.2) is 46.1 Å². The van der Waals surface area contributed by atoms with E-state index >= 15 is 0 Å². The van der Waals surface area contributed by atoms with Crippen LogP contribution in [0, 0.1) is 0 Å². The monoisotopic (exact) mass is 349 g/mol. The third kappa shape index (κ3) is 3.32. The number of hydrogen-bond donors (Lipinski definition) is 0. The maximum Gasteiger partial charge on any atom is 0.242 e. The number of hydrogen-bond acceptors (Lipinski definition) is 5. The third-order valence-corrected chi connectivity index (χ3v) is 5.63. The fourth-order valence-electron chi connectivity index (χ4n) is 2.47. The Morgan fingerprint density at radius 1 is 1.12 bits per heavy atom. The molecule has 3 rings (SSSR count). The van der Waals surface area contributed by atoms with Gasteiger partial charge in [0, 0.05) is 7.05 Å². The van der Waals surface area contributed by atoms with E-state index in [-0.39, 0.29) is 17.5 Å². The average molecular weight is 349 g/mol. The summed E-state index contributed by atoms with van der Waals surface area (Å²) in [4.78, 5) is 0.211. The summed E-state index contributed by atoms with van der Waals surface area (Å²) in [5.74, 6) is 1.91. The van der Waals surface area contributed by atoms with Gasteiger partial charge in [0.15, 0.2) is 11.5 Å². The van der Waals surface area contributed by atoms with Gasteiger partial charge in [-0.15, -0.1) is 0 Å². The molecule has 6 nitrogen and oxygen atoms in total. The fraction of sp³-hybridized carbons (Fsp3) is 0.294. The van der Waals surface area contributed by atoms with Crippen LogP contribution in [0.15, 0.2) is 53.4 Å². The molecule has 1 heterocycles. The molecule has 0 amide bonds. The first-order chi connectivity index (χ1) is 11.5. The molecule has 0 aromatic heterocycles. The number of para-hydroxylation sites is 2. The predicted octanol–water partition coefficient (Wildman–Crippen LogP) is 2.16. The first-order valence-electron chi connectivity index (χ1n) is 7.49. The summed E-state index contributed by atoms with van der Waals surface area (Å²) in [6.07, 6.45) is -0.363. The normalized spacial score (nSPS) is 16.9. The van der Waals surface area contributed by atoms with Crippen molar-refractivity contribution in [2.45, 2.75) is 11.0 Å². The fourth-order valence-corrected chi connectivity index (χ4v) is 3.67. The number of fused-ring (bicyclic) bond motifs is 1. The van der Waals surface area contributed by atoms with Crippen molar-refractivity contribution >= 4 is 10.0 Å². The van der Waals surface area contributed by atoms with E-state index in [4.69, 9.17) is 14.2 Å². The number of benzene rings is 2. The molecule has 24 heavy (non-hydrogen) atoms. The van der Waals surface area contributed by atoms with Crippen molar-refractivity contribution in [2.24, 2.45) is 0 Å². The Morgan fingerprint density at radius 2 is 1.79 bits per heavy atom. The van der Waals surface area contributed by atoms with Crippen molar-refractivity contribution in [1.82, 2.24) is 4.31 Å². The van der Waals surface area contributed by atoms with Gasteiger partial charge in [0.25, 0.3) is 0 Å². The lowest BCUT2D eigenvalue weighted by Crippen LogP contribution is -2.41. The van der Waals surface area contributed by atoms with Crippen molar-refractivity contribution < 1.29 is 22.6 Å². The van der Waals surface area contributed by atoms with E-state index < -0.39 is 10.0 Å². The van der Waals surface area contributed by atoms with Gasteiger partial charge in [-0.1, -0.05) is 12.1 Å². The lowest BCUT2D eigenvalue weighted by Gasteiger charge is -2.29. The van der Waals surface area contributed by atoms with E-state index in [0.717, 1.165) is 0 Å². The van der Waals surface area contributed by atoms with Crippen molar-refractivity contribution in [2.75, 3.05) is 27.3 Å². The molecule has 7 heteroatoms. The Labute approximate surface area is 141 Å². The minimum absolute atomic E-state index is 0.197. The molecule has 1 aliphatic rings. The van der Waals surface area contributed by atoms with E-state index in [2.05, 4.69) is 0 Å². The molecule has 0 bridgehead atoms. The van der Waals surface area contributed by atoms with Gasteiger partial charge >= 0.3 is 0 Å². The van der Waals surface area contributed by atoms with Crippen molar-refractivity contribution in [3.8, 4) is 17.2 Å². The zero-order valence-electron chi connectivity index (χ0n) is 13.5. The SMILES string of the molecule is COc1ccc(S(=O)(=O)N(C)CC2COc3ccccc3O2)cc1. The highest BCUT2D eigenvalue weighted by Gasteiger charge is 2.28. The molecule has 0 saturated heterocycles. The Hall–Kier alpha value is -2.25. The maximum atomic E-state index is 12.6. The minimum Gasteiger partial charge on any atom is -0.497 e. The molecule has 0 saturated carbocycles. The van der Waals surface area contributed by atoms with Crippen LogP contribution in [0.1, 0.15) is 0 Å². The number of ether oxygens (including phenoxy) is 3. The number of sulfonamides is 1. The Bertz CT molecular complexity index is 804. The number of rotatable bonds is 5. The molecule has 2 aromatic rings. The second kappa shape index (κ2) is 6.70. The zero-order valence-corrected chi connectivity index (χ0v) is 14.3. The smallest absolute Gasteiger partial charge is 0.242 e. The lowest BCUT2D eigenvalue weighted by molar-refractivity contribution is 0.0798.